The largest absolute Gasteiger partial charge is 0.478 e. The number of rotatable bonds is 5. The molecule has 2 atom stereocenters. The first-order valence-electron chi connectivity index (χ1n) is 10.2. The summed E-state index contributed by atoms with van der Waals surface area (Å²) in [6, 6.07) is 23.5. The van der Waals surface area contributed by atoms with Gasteiger partial charge in [0.05, 0.1) is 17.3 Å². The van der Waals surface area contributed by atoms with Crippen LogP contribution in [0.4, 0.5) is 5.69 Å². The van der Waals surface area contributed by atoms with Gasteiger partial charge in [-0.3, -0.25) is 4.98 Å². The molecular formula is C25H18BrN3O3S. The number of hydrogen-bond acceptors (Lipinski definition) is 4. The number of carbonyl (C=O) groups is 1. The van der Waals surface area contributed by atoms with Crippen LogP contribution >= 0.6 is 28.1 Å². The van der Waals surface area contributed by atoms with E-state index in [0.717, 1.165) is 15.9 Å². The third kappa shape index (κ3) is 4.03. The van der Waals surface area contributed by atoms with E-state index in [4.69, 9.17) is 16.6 Å². The lowest BCUT2D eigenvalue weighted by atomic mass is 10.0. The van der Waals surface area contributed by atoms with E-state index < -0.39 is 5.97 Å². The Bertz CT molecular complexity index is 1320. The maximum atomic E-state index is 11.7. The smallest absolute Gasteiger partial charge is 0.336 e. The first-order valence-corrected chi connectivity index (χ1v) is 11.4. The van der Waals surface area contributed by atoms with Crippen molar-refractivity contribution in [3.8, 4) is 11.3 Å². The Labute approximate surface area is 204 Å². The zero-order valence-electron chi connectivity index (χ0n) is 17.2. The predicted molar refractivity (Wildman–Crippen MR) is 133 cm³/mol. The van der Waals surface area contributed by atoms with Gasteiger partial charge in [0.1, 0.15) is 17.6 Å². The fraction of sp³-hybridized carbons (Fsp3) is 0.0800. The summed E-state index contributed by atoms with van der Waals surface area (Å²) in [7, 11) is 0. The van der Waals surface area contributed by atoms with Crippen molar-refractivity contribution in [1.29, 1.82) is 0 Å². The van der Waals surface area contributed by atoms with Crippen molar-refractivity contribution < 1.29 is 14.3 Å². The van der Waals surface area contributed by atoms with Gasteiger partial charge in [0.2, 0.25) is 0 Å². The number of thiocarbonyl (C=S) groups is 1. The first-order chi connectivity index (χ1) is 16.0. The van der Waals surface area contributed by atoms with Crippen molar-refractivity contribution in [1.82, 2.24) is 10.3 Å². The number of carboxylic acid groups (broad SMARTS) is 1. The van der Waals surface area contributed by atoms with Crippen LogP contribution in [0.25, 0.3) is 11.3 Å². The Morgan fingerprint density at radius 1 is 1.03 bits per heavy atom. The highest BCUT2D eigenvalue weighted by molar-refractivity contribution is 9.10. The third-order valence-electron chi connectivity index (χ3n) is 5.54. The molecule has 2 aromatic heterocycles. The molecule has 2 aromatic carbocycles. The molecule has 0 radical (unpaired) electrons. The molecule has 4 aromatic rings. The number of hydrogen-bond donors (Lipinski definition) is 2. The molecule has 2 N–H and O–H groups in total. The van der Waals surface area contributed by atoms with Crippen LogP contribution in [-0.2, 0) is 0 Å². The minimum atomic E-state index is -1.00. The van der Waals surface area contributed by atoms with E-state index in [9.17, 15) is 9.90 Å². The van der Waals surface area contributed by atoms with Crippen LogP contribution in [0.2, 0.25) is 0 Å². The average molecular weight is 520 g/mol. The van der Waals surface area contributed by atoms with Crippen LogP contribution in [0, 0.1) is 0 Å². The lowest BCUT2D eigenvalue weighted by Crippen LogP contribution is -2.29. The van der Waals surface area contributed by atoms with Crippen LogP contribution in [-0.4, -0.2) is 21.2 Å². The number of carboxylic acids is 1. The van der Waals surface area contributed by atoms with Crippen LogP contribution in [0.3, 0.4) is 0 Å². The first kappa shape index (κ1) is 21.4. The van der Waals surface area contributed by atoms with Crippen LogP contribution in [0.5, 0.6) is 0 Å². The second-order valence-electron chi connectivity index (χ2n) is 7.53. The second kappa shape index (κ2) is 8.80. The highest BCUT2D eigenvalue weighted by Crippen LogP contribution is 2.43. The zero-order chi connectivity index (χ0) is 22.9. The van der Waals surface area contributed by atoms with Crippen LogP contribution in [0.1, 0.15) is 33.9 Å². The van der Waals surface area contributed by atoms with Crippen molar-refractivity contribution in [2.45, 2.75) is 12.1 Å². The summed E-state index contributed by atoms with van der Waals surface area (Å²) in [5, 5.41) is 13.5. The molecule has 0 aliphatic carbocycles. The molecule has 1 fully saturated rings. The molecule has 3 heterocycles. The number of benzene rings is 2. The molecule has 0 saturated carbocycles. The number of anilines is 1. The number of aromatic nitrogens is 1. The molecule has 8 heteroatoms. The Morgan fingerprint density at radius 2 is 1.79 bits per heavy atom. The Balaban J connectivity index is 1.61. The molecule has 33 heavy (non-hydrogen) atoms. The van der Waals surface area contributed by atoms with Crippen molar-refractivity contribution >= 4 is 44.9 Å². The van der Waals surface area contributed by atoms with Gasteiger partial charge in [0, 0.05) is 21.9 Å². The summed E-state index contributed by atoms with van der Waals surface area (Å²) in [6.45, 7) is 0. The quantitative estimate of drug-likeness (QED) is 0.314. The normalized spacial score (nSPS) is 17.7. The summed E-state index contributed by atoms with van der Waals surface area (Å²) in [5.41, 5.74) is 2.44. The predicted octanol–water partition coefficient (Wildman–Crippen LogP) is 5.98. The van der Waals surface area contributed by atoms with Gasteiger partial charge in [0.25, 0.3) is 0 Å². The molecule has 5 rings (SSSR count). The van der Waals surface area contributed by atoms with Crippen molar-refractivity contribution in [2.24, 2.45) is 0 Å². The Morgan fingerprint density at radius 3 is 2.52 bits per heavy atom. The number of nitrogens with zero attached hydrogens (tertiary/aromatic N) is 2. The molecule has 0 unspecified atom stereocenters. The van der Waals surface area contributed by atoms with E-state index >= 15 is 0 Å². The van der Waals surface area contributed by atoms with E-state index in [1.165, 1.54) is 0 Å². The van der Waals surface area contributed by atoms with Crippen molar-refractivity contribution in [3.05, 3.63) is 107 Å². The SMILES string of the molecule is O=C(O)c1ccccc1-c1ccc([C@H]2[C@@H](c3ccccn3)NC(=S)N2c2ccc(Br)cc2)o1. The molecule has 1 saturated heterocycles. The van der Waals surface area contributed by atoms with E-state index in [1.807, 2.05) is 53.4 Å². The van der Waals surface area contributed by atoms with Crippen LogP contribution < -0.4 is 10.2 Å². The Hall–Kier alpha value is -3.49. The number of pyridine rings is 1. The van der Waals surface area contributed by atoms with Gasteiger partial charge in [0.15, 0.2) is 5.11 Å². The average Bonchev–Trinajstić information content (AvgIpc) is 3.45. The molecule has 1 aliphatic rings. The molecule has 1 aliphatic heterocycles. The molecule has 0 spiro atoms. The zero-order valence-corrected chi connectivity index (χ0v) is 19.6. The molecule has 164 valence electrons. The van der Waals surface area contributed by atoms with Gasteiger partial charge in [-0.25, -0.2) is 4.79 Å². The summed E-state index contributed by atoms with van der Waals surface area (Å²) in [4.78, 5) is 18.3. The highest BCUT2D eigenvalue weighted by atomic mass is 79.9. The van der Waals surface area contributed by atoms with E-state index in [0.29, 0.717) is 22.2 Å². The monoisotopic (exact) mass is 519 g/mol. The summed E-state index contributed by atoms with van der Waals surface area (Å²) < 4.78 is 7.24. The molecule has 6 nitrogen and oxygen atoms in total. The highest BCUT2D eigenvalue weighted by Gasteiger charge is 2.42. The summed E-state index contributed by atoms with van der Waals surface area (Å²) in [6.07, 6.45) is 1.75. The van der Waals surface area contributed by atoms with E-state index in [-0.39, 0.29) is 17.6 Å². The number of aromatic carboxylic acids is 1. The molecule has 0 amide bonds. The molecule has 0 bridgehead atoms. The van der Waals surface area contributed by atoms with Gasteiger partial charge in [-0.05, 0) is 66.8 Å². The number of furan rings is 1. The third-order valence-corrected chi connectivity index (χ3v) is 6.39. The molecular weight excluding hydrogens is 502 g/mol. The fourth-order valence-electron chi connectivity index (χ4n) is 4.06. The van der Waals surface area contributed by atoms with Crippen LogP contribution in [0.15, 0.2) is 93.9 Å². The van der Waals surface area contributed by atoms with Gasteiger partial charge in [-0.2, -0.15) is 0 Å². The standard InChI is InChI=1S/C25H18BrN3O3S/c26-15-8-10-16(11-9-15)29-23(22(28-25(29)33)19-7-3-4-14-27-19)21-13-12-20(32-21)17-5-1-2-6-18(17)24(30)31/h1-14,22-23H,(H,28,33)(H,30,31)/t22-,23+/m1/s1. The Kier molecular flexibility index (Phi) is 5.70. The van der Waals surface area contributed by atoms with Gasteiger partial charge >= 0.3 is 5.97 Å². The maximum Gasteiger partial charge on any atom is 0.336 e. The second-order valence-corrected chi connectivity index (χ2v) is 8.83. The topological polar surface area (TPSA) is 78.6 Å². The van der Waals surface area contributed by atoms with E-state index in [1.54, 1.807) is 36.5 Å². The lowest BCUT2D eigenvalue weighted by Gasteiger charge is -2.26. The van der Waals surface area contributed by atoms with Gasteiger partial charge < -0.3 is 19.7 Å². The van der Waals surface area contributed by atoms with Gasteiger partial charge in [-0.15, -0.1) is 0 Å². The maximum absolute atomic E-state index is 11.7. The summed E-state index contributed by atoms with van der Waals surface area (Å²) in [5.74, 6) is 0.127. The lowest BCUT2D eigenvalue weighted by molar-refractivity contribution is 0.0697. The minimum Gasteiger partial charge on any atom is -0.478 e. The summed E-state index contributed by atoms with van der Waals surface area (Å²) >= 11 is 9.20. The van der Waals surface area contributed by atoms with E-state index in [2.05, 4.69) is 26.2 Å². The fourth-order valence-corrected chi connectivity index (χ4v) is 4.67. The minimum absolute atomic E-state index is 0.185. The number of halogens is 1. The van der Waals surface area contributed by atoms with Crippen molar-refractivity contribution in [3.63, 3.8) is 0 Å². The van der Waals surface area contributed by atoms with Gasteiger partial charge in [-0.1, -0.05) is 40.2 Å². The number of nitrogens with one attached hydrogen (secondary N) is 1. The van der Waals surface area contributed by atoms with Crippen molar-refractivity contribution in [2.75, 3.05) is 4.90 Å².